The van der Waals surface area contributed by atoms with Gasteiger partial charge in [0.05, 0.1) is 24.0 Å². The van der Waals surface area contributed by atoms with Gasteiger partial charge in [0, 0.05) is 26.2 Å². The first kappa shape index (κ1) is 19.7. The molecule has 1 aromatic carbocycles. The molecule has 0 unspecified atom stereocenters. The standard InChI is InChI=1S/C19H23F3N2O3/c20-19(21,22)15-5-2-1-4-14(15)12-16(26)24-9-7-18(13-24)6-3-8-23(10-11-25)17(18)27/h1-2,4-5,25H,3,6-13H2/t18-/m1/s1. The maximum Gasteiger partial charge on any atom is 0.416 e. The Morgan fingerprint density at radius 1 is 1.19 bits per heavy atom. The Morgan fingerprint density at radius 2 is 1.93 bits per heavy atom. The van der Waals surface area contributed by atoms with Crippen molar-refractivity contribution in [1.82, 2.24) is 9.80 Å². The highest BCUT2D eigenvalue weighted by Crippen LogP contribution is 2.40. The lowest BCUT2D eigenvalue weighted by Gasteiger charge is -2.39. The molecule has 2 fully saturated rings. The van der Waals surface area contributed by atoms with Crippen LogP contribution in [-0.4, -0.2) is 59.5 Å². The number of amides is 2. The SMILES string of the molecule is O=C(Cc1ccccc1C(F)(F)F)N1CC[C@]2(CCCN(CCO)C2=O)C1. The highest BCUT2D eigenvalue weighted by atomic mass is 19.4. The second-order valence-corrected chi connectivity index (χ2v) is 7.30. The van der Waals surface area contributed by atoms with E-state index in [4.69, 9.17) is 5.11 Å². The number of carbonyl (C=O) groups is 2. The van der Waals surface area contributed by atoms with Gasteiger partial charge < -0.3 is 14.9 Å². The van der Waals surface area contributed by atoms with Crippen LogP contribution in [0.25, 0.3) is 0 Å². The van der Waals surface area contributed by atoms with Crippen LogP contribution in [-0.2, 0) is 22.2 Å². The van der Waals surface area contributed by atoms with Gasteiger partial charge in [0.1, 0.15) is 0 Å². The van der Waals surface area contributed by atoms with E-state index < -0.39 is 23.1 Å². The predicted octanol–water partition coefficient (Wildman–Crippen LogP) is 2.08. The lowest BCUT2D eigenvalue weighted by Crippen LogP contribution is -2.51. The van der Waals surface area contributed by atoms with Gasteiger partial charge in [-0.25, -0.2) is 0 Å². The van der Waals surface area contributed by atoms with Crippen LogP contribution >= 0.6 is 0 Å². The van der Waals surface area contributed by atoms with E-state index in [0.29, 0.717) is 25.9 Å². The van der Waals surface area contributed by atoms with Gasteiger partial charge in [-0.3, -0.25) is 9.59 Å². The highest BCUT2D eigenvalue weighted by Gasteiger charge is 2.49. The van der Waals surface area contributed by atoms with E-state index in [1.807, 2.05) is 0 Å². The largest absolute Gasteiger partial charge is 0.416 e. The van der Waals surface area contributed by atoms with Crippen molar-refractivity contribution in [3.05, 3.63) is 35.4 Å². The smallest absolute Gasteiger partial charge is 0.395 e. The molecule has 1 spiro atoms. The van der Waals surface area contributed by atoms with E-state index in [9.17, 15) is 22.8 Å². The fraction of sp³-hybridized carbons (Fsp3) is 0.579. The molecule has 8 heteroatoms. The van der Waals surface area contributed by atoms with Gasteiger partial charge in [-0.2, -0.15) is 13.2 Å². The summed E-state index contributed by atoms with van der Waals surface area (Å²) in [4.78, 5) is 28.5. The van der Waals surface area contributed by atoms with Crippen molar-refractivity contribution in [3.8, 4) is 0 Å². The van der Waals surface area contributed by atoms with Gasteiger partial charge in [0.2, 0.25) is 11.8 Å². The number of rotatable bonds is 4. The number of hydrogen-bond donors (Lipinski definition) is 1. The van der Waals surface area contributed by atoms with Crippen LogP contribution in [0.4, 0.5) is 13.2 Å². The Morgan fingerprint density at radius 3 is 2.63 bits per heavy atom. The summed E-state index contributed by atoms with van der Waals surface area (Å²) in [6.45, 7) is 1.35. The first-order chi connectivity index (χ1) is 12.8. The molecule has 148 valence electrons. The summed E-state index contributed by atoms with van der Waals surface area (Å²) in [6, 6.07) is 5.09. The molecule has 0 bridgehead atoms. The van der Waals surface area contributed by atoms with Crippen molar-refractivity contribution in [3.63, 3.8) is 0 Å². The predicted molar refractivity (Wildman–Crippen MR) is 91.7 cm³/mol. The summed E-state index contributed by atoms with van der Waals surface area (Å²) in [7, 11) is 0. The zero-order valence-corrected chi connectivity index (χ0v) is 15.0. The minimum Gasteiger partial charge on any atom is -0.395 e. The molecule has 2 amide bonds. The van der Waals surface area contributed by atoms with Gasteiger partial charge >= 0.3 is 6.18 Å². The Bertz CT molecular complexity index is 720. The van der Waals surface area contributed by atoms with Gasteiger partial charge in [0.25, 0.3) is 0 Å². The normalized spacial score (nSPS) is 23.3. The summed E-state index contributed by atoms with van der Waals surface area (Å²) >= 11 is 0. The summed E-state index contributed by atoms with van der Waals surface area (Å²) in [6.07, 6.45) is -2.87. The Balaban J connectivity index is 1.71. The molecular formula is C19H23F3N2O3. The van der Waals surface area contributed by atoms with Crippen molar-refractivity contribution in [2.45, 2.75) is 31.9 Å². The molecule has 2 saturated heterocycles. The number of carbonyl (C=O) groups excluding carboxylic acids is 2. The molecule has 3 rings (SSSR count). The molecule has 1 atom stereocenters. The summed E-state index contributed by atoms with van der Waals surface area (Å²) in [5, 5.41) is 9.11. The van der Waals surface area contributed by atoms with E-state index in [-0.39, 0.29) is 37.6 Å². The fourth-order valence-corrected chi connectivity index (χ4v) is 4.18. The number of hydrogen-bond acceptors (Lipinski definition) is 3. The molecule has 0 aromatic heterocycles. The number of benzene rings is 1. The highest BCUT2D eigenvalue weighted by molar-refractivity contribution is 5.86. The second-order valence-electron chi connectivity index (χ2n) is 7.30. The molecule has 1 aromatic rings. The number of piperidine rings is 1. The lowest BCUT2D eigenvalue weighted by molar-refractivity contribution is -0.146. The Hall–Kier alpha value is -2.09. The Labute approximate surface area is 155 Å². The van der Waals surface area contributed by atoms with Crippen LogP contribution < -0.4 is 0 Å². The summed E-state index contributed by atoms with van der Waals surface area (Å²) in [5.74, 6) is -0.454. The lowest BCUT2D eigenvalue weighted by atomic mass is 9.78. The third-order valence-corrected chi connectivity index (χ3v) is 5.57. The minimum absolute atomic E-state index is 0.0483. The number of aliphatic hydroxyl groups excluding tert-OH is 1. The van der Waals surface area contributed by atoms with E-state index in [1.165, 1.54) is 23.1 Å². The van der Waals surface area contributed by atoms with Crippen molar-refractivity contribution >= 4 is 11.8 Å². The summed E-state index contributed by atoms with van der Waals surface area (Å²) in [5.41, 5.74) is -1.50. The van der Waals surface area contributed by atoms with Crippen molar-refractivity contribution in [1.29, 1.82) is 0 Å². The molecule has 2 heterocycles. The average Bonchev–Trinajstić information content (AvgIpc) is 3.04. The number of aliphatic hydroxyl groups is 1. The zero-order chi connectivity index (χ0) is 19.7. The molecule has 0 aliphatic carbocycles. The molecule has 2 aliphatic heterocycles. The van der Waals surface area contributed by atoms with E-state index >= 15 is 0 Å². The van der Waals surface area contributed by atoms with Gasteiger partial charge in [-0.15, -0.1) is 0 Å². The average molecular weight is 384 g/mol. The molecule has 1 N–H and O–H groups in total. The number of alkyl halides is 3. The zero-order valence-electron chi connectivity index (χ0n) is 15.0. The number of likely N-dealkylation sites (tertiary alicyclic amines) is 2. The van der Waals surface area contributed by atoms with Gasteiger partial charge in [-0.1, -0.05) is 18.2 Å². The van der Waals surface area contributed by atoms with Crippen LogP contribution in [0.5, 0.6) is 0 Å². The van der Waals surface area contributed by atoms with Crippen molar-refractivity contribution < 1.29 is 27.9 Å². The van der Waals surface area contributed by atoms with Crippen molar-refractivity contribution in [2.75, 3.05) is 32.8 Å². The molecule has 5 nitrogen and oxygen atoms in total. The summed E-state index contributed by atoms with van der Waals surface area (Å²) < 4.78 is 39.4. The minimum atomic E-state index is -4.51. The van der Waals surface area contributed by atoms with Crippen LogP contribution in [0.2, 0.25) is 0 Å². The molecule has 0 radical (unpaired) electrons. The van der Waals surface area contributed by atoms with Crippen LogP contribution in [0.1, 0.15) is 30.4 Å². The van der Waals surface area contributed by atoms with Gasteiger partial charge in [-0.05, 0) is 30.9 Å². The number of halogens is 3. The van der Waals surface area contributed by atoms with E-state index in [0.717, 1.165) is 12.5 Å². The number of β-amino-alcohol motifs (C(OH)–C–C–N with tert-alkyl or cyclic N) is 1. The maximum absolute atomic E-state index is 13.1. The maximum atomic E-state index is 13.1. The number of nitrogens with zero attached hydrogens (tertiary/aromatic N) is 2. The monoisotopic (exact) mass is 384 g/mol. The third-order valence-electron chi connectivity index (χ3n) is 5.57. The van der Waals surface area contributed by atoms with E-state index in [1.54, 1.807) is 4.90 Å². The first-order valence-electron chi connectivity index (χ1n) is 9.10. The Kier molecular flexibility index (Phi) is 5.46. The quantitative estimate of drug-likeness (QED) is 0.865. The first-order valence-corrected chi connectivity index (χ1v) is 9.10. The fourth-order valence-electron chi connectivity index (χ4n) is 4.18. The molecule has 2 aliphatic rings. The van der Waals surface area contributed by atoms with E-state index in [2.05, 4.69) is 0 Å². The molecule has 27 heavy (non-hydrogen) atoms. The van der Waals surface area contributed by atoms with Gasteiger partial charge in [0.15, 0.2) is 0 Å². The second kappa shape index (κ2) is 7.50. The molecule has 0 saturated carbocycles. The van der Waals surface area contributed by atoms with Crippen LogP contribution in [0, 0.1) is 5.41 Å². The molecular weight excluding hydrogens is 361 g/mol. The third kappa shape index (κ3) is 3.95. The topological polar surface area (TPSA) is 60.9 Å². The van der Waals surface area contributed by atoms with Crippen LogP contribution in [0.15, 0.2) is 24.3 Å². The van der Waals surface area contributed by atoms with Crippen molar-refractivity contribution in [2.24, 2.45) is 5.41 Å². The van der Waals surface area contributed by atoms with Crippen LogP contribution in [0.3, 0.4) is 0 Å².